The predicted octanol–water partition coefficient (Wildman–Crippen LogP) is 2.93. The van der Waals surface area contributed by atoms with Gasteiger partial charge in [-0.1, -0.05) is 0 Å². The van der Waals surface area contributed by atoms with Crippen LogP contribution in [0.15, 0.2) is 26.1 Å². The molecule has 1 aromatic rings. The Morgan fingerprint density at radius 1 is 1.39 bits per heavy atom. The predicted molar refractivity (Wildman–Crippen MR) is 75.1 cm³/mol. The average molecular weight is 309 g/mol. The van der Waals surface area contributed by atoms with E-state index in [1.165, 1.54) is 19.4 Å². The molecule has 2 unspecified atom stereocenters. The summed E-state index contributed by atoms with van der Waals surface area (Å²) in [6.07, 6.45) is 2.40. The van der Waals surface area contributed by atoms with Crippen molar-refractivity contribution in [1.29, 1.82) is 0 Å². The topological polar surface area (TPSA) is 40.0 Å². The van der Waals surface area contributed by atoms with Crippen LogP contribution < -0.4 is 5.32 Å². The first-order chi connectivity index (χ1) is 8.74. The first-order valence-corrected chi connectivity index (χ1v) is 7.95. The van der Waals surface area contributed by atoms with E-state index in [0.717, 1.165) is 17.1 Å². The first-order valence-electron chi connectivity index (χ1n) is 6.42. The molecule has 18 heavy (non-hydrogen) atoms. The van der Waals surface area contributed by atoms with Gasteiger partial charge in [-0.3, -0.25) is 0 Å². The third-order valence-electron chi connectivity index (χ3n) is 3.85. The Morgan fingerprint density at radius 3 is 3.11 bits per heavy atom. The van der Waals surface area contributed by atoms with E-state index in [4.69, 9.17) is 0 Å². The van der Waals surface area contributed by atoms with Gasteiger partial charge < -0.3 is 0 Å². The van der Waals surface area contributed by atoms with Crippen LogP contribution in [-0.2, 0) is 0 Å². The molecule has 0 radical (unpaired) electrons. The van der Waals surface area contributed by atoms with Gasteiger partial charge in [0.2, 0.25) is 0 Å². The summed E-state index contributed by atoms with van der Waals surface area (Å²) in [7, 11) is 2.21. The Balaban J connectivity index is 1.74. The Labute approximate surface area is 114 Å². The van der Waals surface area contributed by atoms with Gasteiger partial charge in [-0.05, 0) is 0 Å². The minimum absolute atomic E-state index is 0.0557. The number of piperidine rings is 1. The van der Waals surface area contributed by atoms with E-state index >= 15 is 0 Å². The molecule has 1 N–H and O–H groups in total. The summed E-state index contributed by atoms with van der Waals surface area (Å²) in [5.74, 6) is 0. The van der Waals surface area contributed by atoms with Crippen LogP contribution in [-0.4, -0.2) is 45.1 Å². The van der Waals surface area contributed by atoms with Crippen LogP contribution in [0.25, 0.3) is 0 Å². The van der Waals surface area contributed by atoms with Crippen LogP contribution in [0, 0.1) is 0 Å². The van der Waals surface area contributed by atoms with Crippen LogP contribution in [0.1, 0.15) is 19.8 Å². The number of nitrogens with zero attached hydrogens (tertiary/aromatic N) is 3. The molecule has 0 amide bonds. The van der Waals surface area contributed by atoms with Crippen LogP contribution >= 0.6 is 0 Å². The van der Waals surface area contributed by atoms with Crippen molar-refractivity contribution in [2.24, 2.45) is 7.92 Å². The van der Waals surface area contributed by atoms with E-state index in [1.54, 1.807) is 0 Å². The summed E-state index contributed by atoms with van der Waals surface area (Å²) in [5.41, 5.74) is 3.29. The van der Waals surface area contributed by atoms with Crippen molar-refractivity contribution in [1.82, 2.24) is 4.90 Å². The van der Waals surface area contributed by atoms with Crippen molar-refractivity contribution in [2.75, 3.05) is 18.9 Å². The fraction of sp³-hybridized carbons (Fsp3) is 0.538. The van der Waals surface area contributed by atoms with E-state index < -0.39 is 0 Å². The molecule has 0 spiro atoms. The van der Waals surface area contributed by atoms with E-state index in [0.29, 0.717) is 12.1 Å². The van der Waals surface area contributed by atoms with E-state index in [9.17, 15) is 0 Å². The number of likely N-dealkylation sites (tertiary alicyclic amines) is 1. The second kappa shape index (κ2) is 5.00. The SMILES string of the molecule is CC1CC(Nc2cccc3c2N=[Se]=N3)CCN1C. The van der Waals surface area contributed by atoms with E-state index in [1.807, 2.05) is 0 Å². The molecule has 2 atom stereocenters. The summed E-state index contributed by atoms with van der Waals surface area (Å²) in [4.78, 5) is 2.43. The van der Waals surface area contributed by atoms with E-state index in [-0.39, 0.29) is 14.6 Å². The van der Waals surface area contributed by atoms with Gasteiger partial charge in [0, 0.05) is 0 Å². The number of rotatable bonds is 2. The third kappa shape index (κ3) is 2.30. The molecule has 5 heteroatoms. The molecule has 4 nitrogen and oxygen atoms in total. The summed E-state index contributed by atoms with van der Waals surface area (Å²) in [5, 5.41) is 3.66. The Bertz CT molecular complexity index is 522. The standard InChI is InChI=1S/C13H18N4Se/c1-9-8-10(6-7-17(9)2)14-11-4-3-5-12-13(11)16-18-15-12/h3-5,9-10,14H,6-8H2,1-2H3. The van der Waals surface area contributed by atoms with Crippen LogP contribution in [0.5, 0.6) is 0 Å². The number of benzene rings is 1. The molecule has 2 aliphatic heterocycles. The fourth-order valence-corrected chi connectivity index (χ4v) is 3.72. The van der Waals surface area contributed by atoms with Crippen LogP contribution in [0.3, 0.4) is 0 Å². The summed E-state index contributed by atoms with van der Waals surface area (Å²) < 4.78 is 8.95. The molecule has 3 rings (SSSR count). The van der Waals surface area contributed by atoms with Gasteiger partial charge in [-0.15, -0.1) is 0 Å². The summed E-state index contributed by atoms with van der Waals surface area (Å²) in [6, 6.07) is 7.46. The molecular formula is C13H18N4Se. The zero-order valence-corrected chi connectivity index (χ0v) is 12.5. The normalized spacial score (nSPS) is 26.8. The average Bonchev–Trinajstić information content (AvgIpc) is 2.83. The van der Waals surface area contributed by atoms with Crippen molar-refractivity contribution >= 4 is 31.6 Å². The monoisotopic (exact) mass is 310 g/mol. The van der Waals surface area contributed by atoms with Gasteiger partial charge in [-0.25, -0.2) is 0 Å². The van der Waals surface area contributed by atoms with Crippen molar-refractivity contribution < 1.29 is 0 Å². The minimum atomic E-state index is 0.0557. The molecule has 0 aliphatic carbocycles. The first kappa shape index (κ1) is 12.1. The Kier molecular flexibility index (Phi) is 3.37. The number of anilines is 1. The fourth-order valence-electron chi connectivity index (χ4n) is 2.56. The third-order valence-corrected chi connectivity index (χ3v) is 4.99. The van der Waals surface area contributed by atoms with Crippen molar-refractivity contribution in [3.8, 4) is 0 Å². The molecular weight excluding hydrogens is 291 g/mol. The Morgan fingerprint density at radius 2 is 2.28 bits per heavy atom. The number of nitrogens with one attached hydrogen (secondary N) is 1. The summed E-state index contributed by atoms with van der Waals surface area (Å²) in [6.45, 7) is 3.46. The zero-order valence-electron chi connectivity index (χ0n) is 10.8. The maximum atomic E-state index is 4.52. The molecule has 0 aromatic heterocycles. The molecule has 2 aliphatic rings. The Hall–Kier alpha value is -0.901. The van der Waals surface area contributed by atoms with Crippen molar-refractivity contribution in [3.63, 3.8) is 0 Å². The second-order valence-electron chi connectivity index (χ2n) is 5.13. The molecule has 0 saturated carbocycles. The number of hydrogen-bond donors (Lipinski definition) is 1. The number of hydrogen-bond acceptors (Lipinski definition) is 4. The molecule has 96 valence electrons. The quantitative estimate of drug-likeness (QED) is 0.867. The molecule has 1 saturated heterocycles. The summed E-state index contributed by atoms with van der Waals surface area (Å²) >= 11 is 0.0557. The second-order valence-corrected chi connectivity index (χ2v) is 6.24. The van der Waals surface area contributed by atoms with Gasteiger partial charge in [0.15, 0.2) is 0 Å². The van der Waals surface area contributed by atoms with E-state index in [2.05, 4.69) is 50.3 Å². The molecule has 1 fully saturated rings. The van der Waals surface area contributed by atoms with Gasteiger partial charge in [0.05, 0.1) is 0 Å². The van der Waals surface area contributed by atoms with Crippen LogP contribution in [0.2, 0.25) is 0 Å². The maximum absolute atomic E-state index is 4.52. The van der Waals surface area contributed by atoms with Gasteiger partial charge in [0.25, 0.3) is 0 Å². The molecule has 2 heterocycles. The van der Waals surface area contributed by atoms with Gasteiger partial charge >= 0.3 is 113 Å². The number of fused-ring (bicyclic) bond motifs is 1. The molecule has 0 bridgehead atoms. The van der Waals surface area contributed by atoms with Gasteiger partial charge in [0.1, 0.15) is 0 Å². The van der Waals surface area contributed by atoms with Crippen molar-refractivity contribution in [2.45, 2.75) is 31.8 Å². The van der Waals surface area contributed by atoms with Gasteiger partial charge in [-0.2, -0.15) is 0 Å². The van der Waals surface area contributed by atoms with Crippen molar-refractivity contribution in [3.05, 3.63) is 18.2 Å². The van der Waals surface area contributed by atoms with Crippen LogP contribution in [0.4, 0.5) is 17.1 Å². The molecule has 1 aromatic carbocycles. The zero-order chi connectivity index (χ0) is 12.5.